The molecule has 2 rings (SSSR count). The average Bonchev–Trinajstić information content (AvgIpc) is 2.45. The molecule has 1 N–H and O–H groups in total. The maximum atomic E-state index is 11.5. The number of hydrogen-bond donors (Lipinski definition) is 1. The fraction of sp³-hybridized carbons (Fsp3) is 0.188. The number of aliphatic carboxylic acids is 1. The van der Waals surface area contributed by atoms with Gasteiger partial charge in [-0.2, -0.15) is 0 Å². The zero-order valence-electron chi connectivity index (χ0n) is 11.0. The van der Waals surface area contributed by atoms with E-state index in [2.05, 4.69) is 0 Å². The van der Waals surface area contributed by atoms with Gasteiger partial charge in [0.1, 0.15) is 0 Å². The molecule has 0 aliphatic rings. The predicted molar refractivity (Wildman–Crippen MR) is 86.4 cm³/mol. The number of carboxylic acid groups (broad SMARTS) is 1. The second kappa shape index (κ2) is 7.17. The van der Waals surface area contributed by atoms with Gasteiger partial charge in [0.25, 0.3) is 0 Å². The number of carboxylic acids is 1. The molecule has 0 aliphatic carbocycles. The minimum absolute atomic E-state index is 0.306. The van der Waals surface area contributed by atoms with Crippen molar-refractivity contribution in [2.24, 2.45) is 5.92 Å². The zero-order chi connectivity index (χ0) is 15.4. The Morgan fingerprint density at radius 3 is 2.14 bits per heavy atom. The summed E-state index contributed by atoms with van der Waals surface area (Å²) in [4.78, 5) is 11.5. The van der Waals surface area contributed by atoms with Crippen LogP contribution in [0.2, 0.25) is 15.1 Å². The Labute approximate surface area is 138 Å². The first-order valence-electron chi connectivity index (χ1n) is 6.38. The second-order valence-corrected chi connectivity index (χ2v) is 5.94. The molecule has 0 amide bonds. The van der Waals surface area contributed by atoms with Crippen LogP contribution < -0.4 is 0 Å². The highest BCUT2D eigenvalue weighted by Crippen LogP contribution is 2.29. The van der Waals surface area contributed by atoms with Crippen LogP contribution in [0.5, 0.6) is 0 Å². The Morgan fingerprint density at radius 1 is 0.905 bits per heavy atom. The van der Waals surface area contributed by atoms with Gasteiger partial charge in [0.15, 0.2) is 0 Å². The molecule has 0 radical (unpaired) electrons. The largest absolute Gasteiger partial charge is 0.481 e. The monoisotopic (exact) mass is 342 g/mol. The van der Waals surface area contributed by atoms with Crippen LogP contribution in [-0.2, 0) is 17.6 Å². The van der Waals surface area contributed by atoms with E-state index in [0.29, 0.717) is 27.9 Å². The zero-order valence-corrected chi connectivity index (χ0v) is 13.3. The third-order valence-electron chi connectivity index (χ3n) is 3.27. The van der Waals surface area contributed by atoms with E-state index in [1.807, 2.05) is 18.2 Å². The van der Waals surface area contributed by atoms with Crippen molar-refractivity contribution in [2.75, 3.05) is 0 Å². The van der Waals surface area contributed by atoms with Crippen molar-refractivity contribution in [3.8, 4) is 0 Å². The second-order valence-electron chi connectivity index (χ2n) is 4.75. The molecule has 0 fully saturated rings. The molecular weight excluding hydrogens is 331 g/mol. The molecule has 5 heteroatoms. The topological polar surface area (TPSA) is 37.3 Å². The molecule has 1 atom stereocenters. The summed E-state index contributed by atoms with van der Waals surface area (Å²) in [7, 11) is 0. The fourth-order valence-corrected chi connectivity index (χ4v) is 2.76. The third kappa shape index (κ3) is 4.13. The van der Waals surface area contributed by atoms with Crippen LogP contribution in [0.3, 0.4) is 0 Å². The molecule has 0 saturated heterocycles. The van der Waals surface area contributed by atoms with Crippen LogP contribution in [0.15, 0.2) is 42.5 Å². The summed E-state index contributed by atoms with van der Waals surface area (Å²) < 4.78 is 0. The molecule has 2 nitrogen and oxygen atoms in total. The van der Waals surface area contributed by atoms with Gasteiger partial charge in [-0.1, -0.05) is 65.1 Å². The van der Waals surface area contributed by atoms with Crippen molar-refractivity contribution in [3.63, 3.8) is 0 Å². The van der Waals surface area contributed by atoms with Gasteiger partial charge in [-0.15, -0.1) is 0 Å². The Hall–Kier alpha value is -1.22. The lowest BCUT2D eigenvalue weighted by Crippen LogP contribution is -2.19. The number of benzene rings is 2. The summed E-state index contributed by atoms with van der Waals surface area (Å²) in [6, 6.07) is 12.5. The van der Waals surface area contributed by atoms with Gasteiger partial charge in [0, 0.05) is 5.02 Å². The van der Waals surface area contributed by atoms with E-state index in [0.717, 1.165) is 11.1 Å². The van der Waals surface area contributed by atoms with Gasteiger partial charge in [-0.25, -0.2) is 0 Å². The molecule has 2 aromatic rings. The van der Waals surface area contributed by atoms with Crippen LogP contribution in [0.4, 0.5) is 0 Å². The standard InChI is InChI=1S/C16H13Cl3O2/c17-13-6-2-1-4-10(13)8-12(16(20)21)9-11-5-3-7-14(18)15(11)19/h1-7,12H,8-9H2,(H,20,21). The molecule has 0 saturated carbocycles. The van der Waals surface area contributed by atoms with E-state index < -0.39 is 11.9 Å². The van der Waals surface area contributed by atoms with E-state index in [9.17, 15) is 9.90 Å². The van der Waals surface area contributed by atoms with Crippen LogP contribution in [0.25, 0.3) is 0 Å². The first-order chi connectivity index (χ1) is 9.99. The van der Waals surface area contributed by atoms with E-state index >= 15 is 0 Å². The summed E-state index contributed by atoms with van der Waals surface area (Å²) >= 11 is 18.2. The molecule has 110 valence electrons. The number of hydrogen-bond acceptors (Lipinski definition) is 1. The lowest BCUT2D eigenvalue weighted by Gasteiger charge is -2.15. The lowest BCUT2D eigenvalue weighted by molar-refractivity contribution is -0.141. The van der Waals surface area contributed by atoms with Crippen LogP contribution in [-0.4, -0.2) is 11.1 Å². The summed E-state index contributed by atoms with van der Waals surface area (Å²) in [5.41, 5.74) is 1.54. The maximum Gasteiger partial charge on any atom is 0.307 e. The van der Waals surface area contributed by atoms with Crippen molar-refractivity contribution in [1.82, 2.24) is 0 Å². The Balaban J connectivity index is 2.22. The molecule has 0 aromatic heterocycles. The predicted octanol–water partition coefficient (Wildman–Crippen LogP) is 5.13. The molecule has 2 aromatic carbocycles. The summed E-state index contributed by atoms with van der Waals surface area (Å²) in [5.74, 6) is -1.49. The van der Waals surface area contributed by atoms with E-state index in [1.165, 1.54) is 0 Å². The molecule has 0 heterocycles. The Morgan fingerprint density at radius 2 is 1.48 bits per heavy atom. The highest BCUT2D eigenvalue weighted by atomic mass is 35.5. The minimum atomic E-state index is -0.883. The fourth-order valence-electron chi connectivity index (χ4n) is 2.15. The van der Waals surface area contributed by atoms with Gasteiger partial charge in [-0.05, 0) is 36.1 Å². The van der Waals surface area contributed by atoms with Crippen molar-refractivity contribution in [1.29, 1.82) is 0 Å². The van der Waals surface area contributed by atoms with Crippen LogP contribution >= 0.6 is 34.8 Å². The van der Waals surface area contributed by atoms with Gasteiger partial charge < -0.3 is 5.11 Å². The first-order valence-corrected chi connectivity index (χ1v) is 7.51. The normalized spacial score (nSPS) is 12.1. The van der Waals surface area contributed by atoms with Crippen molar-refractivity contribution < 1.29 is 9.90 Å². The minimum Gasteiger partial charge on any atom is -0.481 e. The first kappa shape index (κ1) is 16.2. The van der Waals surface area contributed by atoms with E-state index in [1.54, 1.807) is 24.3 Å². The summed E-state index contributed by atoms with van der Waals surface area (Å²) in [5, 5.41) is 10.8. The molecule has 21 heavy (non-hydrogen) atoms. The SMILES string of the molecule is O=C(O)C(Cc1ccccc1Cl)Cc1cccc(Cl)c1Cl. The Bertz CT molecular complexity index is 656. The lowest BCUT2D eigenvalue weighted by atomic mass is 9.92. The summed E-state index contributed by atoms with van der Waals surface area (Å²) in [6.45, 7) is 0. The van der Waals surface area contributed by atoms with Crippen molar-refractivity contribution in [2.45, 2.75) is 12.8 Å². The molecule has 0 bridgehead atoms. The molecular formula is C16H13Cl3O2. The van der Waals surface area contributed by atoms with Gasteiger partial charge in [0.2, 0.25) is 0 Å². The van der Waals surface area contributed by atoms with E-state index in [-0.39, 0.29) is 0 Å². The number of halogens is 3. The molecule has 0 spiro atoms. The van der Waals surface area contributed by atoms with Crippen molar-refractivity contribution in [3.05, 3.63) is 68.7 Å². The van der Waals surface area contributed by atoms with Crippen LogP contribution in [0, 0.1) is 5.92 Å². The highest BCUT2D eigenvalue weighted by molar-refractivity contribution is 6.42. The average molecular weight is 344 g/mol. The number of rotatable bonds is 5. The molecule has 1 unspecified atom stereocenters. The maximum absolute atomic E-state index is 11.5. The number of carbonyl (C=O) groups is 1. The van der Waals surface area contributed by atoms with Gasteiger partial charge in [-0.3, -0.25) is 4.79 Å². The van der Waals surface area contributed by atoms with Gasteiger partial charge >= 0.3 is 5.97 Å². The Kier molecular flexibility index (Phi) is 5.51. The smallest absolute Gasteiger partial charge is 0.307 e. The quantitative estimate of drug-likeness (QED) is 0.817. The van der Waals surface area contributed by atoms with E-state index in [4.69, 9.17) is 34.8 Å². The van der Waals surface area contributed by atoms with Gasteiger partial charge in [0.05, 0.1) is 16.0 Å². The van der Waals surface area contributed by atoms with Crippen molar-refractivity contribution >= 4 is 40.8 Å². The highest BCUT2D eigenvalue weighted by Gasteiger charge is 2.21. The van der Waals surface area contributed by atoms with Crippen LogP contribution in [0.1, 0.15) is 11.1 Å². The summed E-state index contributed by atoms with van der Waals surface area (Å²) in [6.07, 6.45) is 0.651. The molecule has 0 aliphatic heterocycles. The third-order valence-corrected chi connectivity index (χ3v) is 4.50.